The van der Waals surface area contributed by atoms with Crippen LogP contribution in [-0.4, -0.2) is 13.3 Å². The van der Waals surface area contributed by atoms with E-state index < -0.39 is 11.6 Å². The zero-order valence-corrected chi connectivity index (χ0v) is 13.5. The van der Waals surface area contributed by atoms with Crippen molar-refractivity contribution in [2.75, 3.05) is 13.3 Å². The highest BCUT2D eigenvalue weighted by molar-refractivity contribution is 9.10. The Hall–Kier alpha value is -0.910. The predicted octanol–water partition coefficient (Wildman–Crippen LogP) is 4.76. The molecule has 1 N–H and O–H groups in total. The Bertz CT molecular complexity index is 602. The van der Waals surface area contributed by atoms with E-state index in [1.165, 1.54) is 6.07 Å². The largest absolute Gasteiger partial charge is 0.309 e. The van der Waals surface area contributed by atoms with Crippen LogP contribution in [0.2, 0.25) is 0 Å². The Labute approximate surface area is 129 Å². The smallest absolute Gasteiger partial charge is 0.137 e. The molecule has 1 nitrogen and oxygen atoms in total. The van der Waals surface area contributed by atoms with E-state index in [0.717, 1.165) is 16.5 Å². The van der Waals surface area contributed by atoms with Crippen molar-refractivity contribution in [1.29, 1.82) is 0 Å². The monoisotopic (exact) mass is 357 g/mol. The fourth-order valence-electron chi connectivity index (χ4n) is 2.06. The first kappa shape index (κ1) is 15.5. The van der Waals surface area contributed by atoms with Crippen molar-refractivity contribution in [3.8, 4) is 0 Å². The highest BCUT2D eigenvalue weighted by atomic mass is 79.9. The Balaban J connectivity index is 2.43. The lowest BCUT2D eigenvalue weighted by Crippen LogP contribution is -2.19. The summed E-state index contributed by atoms with van der Waals surface area (Å²) >= 11 is 4.63. The summed E-state index contributed by atoms with van der Waals surface area (Å²) in [5.74, 6) is -0.908. The number of hydrogen-bond acceptors (Lipinski definition) is 2. The topological polar surface area (TPSA) is 12.0 Å². The van der Waals surface area contributed by atoms with Crippen LogP contribution in [0.4, 0.5) is 8.78 Å². The number of thioether (sulfide) groups is 1. The van der Waals surface area contributed by atoms with Gasteiger partial charge >= 0.3 is 0 Å². The minimum absolute atomic E-state index is 0.131. The number of rotatable bonds is 4. The molecule has 2 aromatic rings. The van der Waals surface area contributed by atoms with Gasteiger partial charge in [-0.05, 0) is 59.1 Å². The average Bonchev–Trinajstić information content (AvgIpc) is 2.46. The number of benzene rings is 2. The van der Waals surface area contributed by atoms with Crippen molar-refractivity contribution in [1.82, 2.24) is 5.32 Å². The molecule has 0 radical (unpaired) electrons. The first-order valence-electron chi connectivity index (χ1n) is 6.02. The molecule has 0 aliphatic heterocycles. The molecule has 20 heavy (non-hydrogen) atoms. The van der Waals surface area contributed by atoms with Crippen molar-refractivity contribution in [2.24, 2.45) is 0 Å². The second-order valence-corrected chi connectivity index (χ2v) is 6.02. The molecule has 2 aromatic carbocycles. The summed E-state index contributed by atoms with van der Waals surface area (Å²) in [6.45, 7) is 0. The SMILES string of the molecule is CNC(c1ccc(SC)cc1)c1cc(F)c(Br)cc1F. The fraction of sp³-hybridized carbons (Fsp3) is 0.200. The molecular formula is C15H14BrF2NS. The van der Waals surface area contributed by atoms with Gasteiger partial charge in [-0.25, -0.2) is 8.78 Å². The molecule has 5 heteroatoms. The summed E-state index contributed by atoms with van der Waals surface area (Å²) in [5, 5.41) is 3.03. The van der Waals surface area contributed by atoms with Crippen molar-refractivity contribution in [3.05, 3.63) is 63.6 Å². The van der Waals surface area contributed by atoms with Crippen LogP contribution in [0.1, 0.15) is 17.2 Å². The Morgan fingerprint density at radius 1 is 1.10 bits per heavy atom. The molecule has 1 atom stereocenters. The van der Waals surface area contributed by atoms with E-state index in [4.69, 9.17) is 0 Å². The Morgan fingerprint density at radius 2 is 1.75 bits per heavy atom. The summed E-state index contributed by atoms with van der Waals surface area (Å²) in [7, 11) is 1.73. The Kier molecular flexibility index (Phi) is 5.18. The highest BCUT2D eigenvalue weighted by Gasteiger charge is 2.18. The summed E-state index contributed by atoms with van der Waals surface area (Å²) in [4.78, 5) is 1.13. The van der Waals surface area contributed by atoms with Crippen molar-refractivity contribution in [3.63, 3.8) is 0 Å². The van der Waals surface area contributed by atoms with Gasteiger partial charge in [-0.3, -0.25) is 0 Å². The van der Waals surface area contributed by atoms with E-state index >= 15 is 0 Å². The third-order valence-electron chi connectivity index (χ3n) is 3.09. The van der Waals surface area contributed by atoms with Gasteiger partial charge < -0.3 is 5.32 Å². The minimum atomic E-state index is -0.470. The summed E-state index contributed by atoms with van der Waals surface area (Å²) < 4.78 is 27.8. The van der Waals surface area contributed by atoms with Crippen LogP contribution in [0.25, 0.3) is 0 Å². The zero-order chi connectivity index (χ0) is 14.7. The molecule has 2 rings (SSSR count). The maximum absolute atomic E-state index is 14.1. The molecule has 0 fully saturated rings. The van der Waals surface area contributed by atoms with Crippen LogP contribution < -0.4 is 5.32 Å². The van der Waals surface area contributed by atoms with Gasteiger partial charge in [0.15, 0.2) is 0 Å². The van der Waals surface area contributed by atoms with E-state index in [9.17, 15) is 8.78 Å². The molecule has 0 bridgehead atoms. The van der Waals surface area contributed by atoms with Crippen LogP contribution in [-0.2, 0) is 0 Å². The molecular weight excluding hydrogens is 344 g/mol. The van der Waals surface area contributed by atoms with Crippen molar-refractivity contribution >= 4 is 27.7 Å². The summed E-state index contributed by atoms with van der Waals surface area (Å²) in [6, 6.07) is 9.79. The van der Waals surface area contributed by atoms with Gasteiger partial charge in [0.2, 0.25) is 0 Å². The molecule has 0 saturated carbocycles. The van der Waals surface area contributed by atoms with Gasteiger partial charge in [-0.15, -0.1) is 11.8 Å². The molecule has 0 saturated heterocycles. The third kappa shape index (κ3) is 3.22. The predicted molar refractivity (Wildman–Crippen MR) is 83.2 cm³/mol. The number of nitrogens with one attached hydrogen (secondary N) is 1. The molecule has 1 unspecified atom stereocenters. The van der Waals surface area contributed by atoms with E-state index in [1.807, 2.05) is 30.5 Å². The van der Waals surface area contributed by atoms with Gasteiger partial charge in [0.25, 0.3) is 0 Å². The molecule has 0 amide bonds. The molecule has 0 aliphatic rings. The standard InChI is InChI=1S/C15H14BrF2NS/c1-19-15(9-3-5-10(20-2)6-4-9)11-7-14(18)12(16)8-13(11)17/h3-8,15,19H,1-2H3. The van der Waals surface area contributed by atoms with Crippen molar-refractivity contribution < 1.29 is 8.78 Å². The Morgan fingerprint density at radius 3 is 2.30 bits per heavy atom. The molecule has 0 aliphatic carbocycles. The maximum atomic E-state index is 14.1. The first-order valence-corrected chi connectivity index (χ1v) is 8.04. The molecule has 0 aromatic heterocycles. The minimum Gasteiger partial charge on any atom is -0.309 e. The maximum Gasteiger partial charge on any atom is 0.137 e. The second kappa shape index (κ2) is 6.70. The average molecular weight is 358 g/mol. The fourth-order valence-corrected chi connectivity index (χ4v) is 2.78. The zero-order valence-electron chi connectivity index (χ0n) is 11.1. The van der Waals surface area contributed by atoms with Crippen molar-refractivity contribution in [2.45, 2.75) is 10.9 Å². The van der Waals surface area contributed by atoms with E-state index in [1.54, 1.807) is 18.8 Å². The van der Waals surface area contributed by atoms with E-state index in [-0.39, 0.29) is 10.5 Å². The number of hydrogen-bond donors (Lipinski definition) is 1. The van der Waals surface area contributed by atoms with Gasteiger partial charge in [0.1, 0.15) is 11.6 Å². The van der Waals surface area contributed by atoms with Crippen LogP contribution in [0, 0.1) is 11.6 Å². The summed E-state index contributed by atoms with van der Waals surface area (Å²) in [6.07, 6.45) is 1.99. The molecule has 0 spiro atoms. The third-order valence-corrected chi connectivity index (χ3v) is 4.44. The van der Waals surface area contributed by atoms with Gasteiger partial charge in [0, 0.05) is 10.5 Å². The normalized spacial score (nSPS) is 12.4. The van der Waals surface area contributed by atoms with E-state index in [2.05, 4.69) is 21.2 Å². The van der Waals surface area contributed by atoms with E-state index in [0.29, 0.717) is 5.56 Å². The van der Waals surface area contributed by atoms with Gasteiger partial charge in [-0.1, -0.05) is 12.1 Å². The summed E-state index contributed by atoms with van der Waals surface area (Å²) in [5.41, 5.74) is 1.19. The van der Waals surface area contributed by atoms with Crippen LogP contribution >= 0.6 is 27.7 Å². The van der Waals surface area contributed by atoms with Crippen LogP contribution in [0.5, 0.6) is 0 Å². The van der Waals surface area contributed by atoms with Crippen LogP contribution in [0.15, 0.2) is 45.8 Å². The lowest BCUT2D eigenvalue weighted by Gasteiger charge is -2.18. The number of halogens is 3. The molecule has 106 valence electrons. The molecule has 0 heterocycles. The van der Waals surface area contributed by atoms with Gasteiger partial charge in [-0.2, -0.15) is 0 Å². The first-order chi connectivity index (χ1) is 9.56. The second-order valence-electron chi connectivity index (χ2n) is 4.28. The lowest BCUT2D eigenvalue weighted by atomic mass is 9.98. The van der Waals surface area contributed by atoms with Gasteiger partial charge in [0.05, 0.1) is 10.5 Å². The quantitative estimate of drug-likeness (QED) is 0.625. The lowest BCUT2D eigenvalue weighted by molar-refractivity contribution is 0.554. The van der Waals surface area contributed by atoms with Crippen LogP contribution in [0.3, 0.4) is 0 Å². The highest BCUT2D eigenvalue weighted by Crippen LogP contribution is 2.29.